The summed E-state index contributed by atoms with van der Waals surface area (Å²) in [4.78, 5) is 24.7. The quantitative estimate of drug-likeness (QED) is 0.814. The number of carbonyl (C=O) groups is 1. The number of methoxy groups -OCH3 is 1. The molecule has 0 bridgehead atoms. The number of nitriles is 1. The van der Waals surface area contributed by atoms with E-state index in [1.54, 1.807) is 13.3 Å². The Morgan fingerprint density at radius 2 is 1.85 bits per heavy atom. The van der Waals surface area contributed by atoms with Gasteiger partial charge in [0.15, 0.2) is 11.5 Å². The van der Waals surface area contributed by atoms with Crippen molar-refractivity contribution in [3.8, 4) is 11.8 Å². The number of rotatable bonds is 5. The van der Waals surface area contributed by atoms with Crippen LogP contribution in [0.1, 0.15) is 17.7 Å². The SMILES string of the molecule is COc1ccc(CCC(=O)N2CCN(c3nccnc3C#N)CC2)cc1. The minimum absolute atomic E-state index is 0.153. The fourth-order valence-corrected chi connectivity index (χ4v) is 3.01. The standard InChI is InChI=1S/C19H21N5O2/c1-26-16-5-2-15(3-6-16)4-7-18(25)23-10-12-24(13-11-23)19-17(14-20)21-8-9-22-19/h2-3,5-6,8-9H,4,7,10-13H2,1H3. The van der Waals surface area contributed by atoms with Crippen molar-refractivity contribution in [1.29, 1.82) is 5.26 Å². The lowest BCUT2D eigenvalue weighted by Gasteiger charge is -2.35. The van der Waals surface area contributed by atoms with Gasteiger partial charge in [-0.25, -0.2) is 9.97 Å². The van der Waals surface area contributed by atoms with E-state index in [0.29, 0.717) is 50.5 Å². The maximum Gasteiger partial charge on any atom is 0.223 e. The van der Waals surface area contributed by atoms with Gasteiger partial charge in [0.2, 0.25) is 5.91 Å². The lowest BCUT2D eigenvalue weighted by molar-refractivity contribution is -0.131. The molecule has 0 saturated carbocycles. The first-order valence-corrected chi connectivity index (χ1v) is 8.58. The van der Waals surface area contributed by atoms with E-state index >= 15 is 0 Å². The lowest BCUT2D eigenvalue weighted by Crippen LogP contribution is -2.49. The van der Waals surface area contributed by atoms with E-state index in [4.69, 9.17) is 10.00 Å². The van der Waals surface area contributed by atoms with Crippen molar-refractivity contribution in [3.63, 3.8) is 0 Å². The highest BCUT2D eigenvalue weighted by Crippen LogP contribution is 2.17. The Balaban J connectivity index is 1.51. The highest BCUT2D eigenvalue weighted by atomic mass is 16.5. The van der Waals surface area contributed by atoms with Gasteiger partial charge in [0.1, 0.15) is 11.8 Å². The predicted molar refractivity (Wildman–Crippen MR) is 96.9 cm³/mol. The van der Waals surface area contributed by atoms with E-state index in [0.717, 1.165) is 11.3 Å². The van der Waals surface area contributed by atoms with Gasteiger partial charge in [-0.15, -0.1) is 0 Å². The van der Waals surface area contributed by atoms with Gasteiger partial charge in [-0.1, -0.05) is 12.1 Å². The van der Waals surface area contributed by atoms with Crippen LogP contribution in [0, 0.1) is 11.3 Å². The molecule has 1 aliphatic rings. The van der Waals surface area contributed by atoms with Crippen molar-refractivity contribution >= 4 is 11.7 Å². The molecule has 0 radical (unpaired) electrons. The molecule has 1 amide bonds. The van der Waals surface area contributed by atoms with Crippen LogP contribution < -0.4 is 9.64 Å². The fourth-order valence-electron chi connectivity index (χ4n) is 3.01. The fraction of sp³-hybridized carbons (Fsp3) is 0.368. The third-order valence-corrected chi connectivity index (χ3v) is 4.50. The second-order valence-corrected chi connectivity index (χ2v) is 6.06. The number of piperazine rings is 1. The summed E-state index contributed by atoms with van der Waals surface area (Å²) in [5, 5.41) is 9.15. The first kappa shape index (κ1) is 17.7. The largest absolute Gasteiger partial charge is 0.497 e. The van der Waals surface area contributed by atoms with Gasteiger partial charge in [-0.2, -0.15) is 5.26 Å². The number of aromatic nitrogens is 2. The van der Waals surface area contributed by atoms with Crippen LogP contribution in [0.25, 0.3) is 0 Å². The van der Waals surface area contributed by atoms with Crippen LogP contribution in [-0.4, -0.2) is 54.1 Å². The number of nitrogens with zero attached hydrogens (tertiary/aromatic N) is 5. The second kappa shape index (κ2) is 8.30. The third-order valence-electron chi connectivity index (χ3n) is 4.50. The normalized spacial score (nSPS) is 14.0. The van der Waals surface area contributed by atoms with Crippen LogP contribution in [-0.2, 0) is 11.2 Å². The highest BCUT2D eigenvalue weighted by Gasteiger charge is 2.23. The smallest absolute Gasteiger partial charge is 0.223 e. The Kier molecular flexibility index (Phi) is 5.64. The number of amides is 1. The Bertz CT molecular complexity index is 792. The van der Waals surface area contributed by atoms with E-state index in [2.05, 4.69) is 16.0 Å². The summed E-state index contributed by atoms with van der Waals surface area (Å²) < 4.78 is 5.14. The van der Waals surface area contributed by atoms with Crippen molar-refractivity contribution in [3.05, 3.63) is 47.9 Å². The predicted octanol–water partition coefficient (Wildman–Crippen LogP) is 1.64. The molecule has 1 aromatic carbocycles. The molecule has 0 N–H and O–H groups in total. The van der Waals surface area contributed by atoms with Crippen LogP contribution >= 0.6 is 0 Å². The summed E-state index contributed by atoms with van der Waals surface area (Å²) in [5.41, 5.74) is 1.45. The maximum atomic E-state index is 12.5. The number of ether oxygens (including phenoxy) is 1. The molecule has 3 rings (SSSR count). The van der Waals surface area contributed by atoms with Crippen molar-refractivity contribution in [1.82, 2.24) is 14.9 Å². The van der Waals surface area contributed by atoms with Gasteiger partial charge in [-0.3, -0.25) is 4.79 Å². The molecule has 0 spiro atoms. The van der Waals surface area contributed by atoms with Crippen LogP contribution in [0.2, 0.25) is 0 Å². The zero-order valence-electron chi connectivity index (χ0n) is 14.8. The van der Waals surface area contributed by atoms with E-state index in [1.165, 1.54) is 6.20 Å². The van der Waals surface area contributed by atoms with E-state index in [1.807, 2.05) is 34.1 Å². The van der Waals surface area contributed by atoms with Crippen molar-refractivity contribution in [2.45, 2.75) is 12.8 Å². The van der Waals surface area contributed by atoms with Crippen molar-refractivity contribution < 1.29 is 9.53 Å². The summed E-state index contributed by atoms with van der Waals surface area (Å²) >= 11 is 0. The third kappa shape index (κ3) is 4.09. The molecule has 1 aliphatic heterocycles. The van der Waals surface area contributed by atoms with E-state index < -0.39 is 0 Å². The molecular formula is C19H21N5O2. The zero-order valence-corrected chi connectivity index (χ0v) is 14.8. The number of aryl methyl sites for hydroxylation is 1. The van der Waals surface area contributed by atoms with Gasteiger partial charge in [-0.05, 0) is 24.1 Å². The maximum absolute atomic E-state index is 12.5. The number of carbonyl (C=O) groups excluding carboxylic acids is 1. The number of benzene rings is 1. The molecule has 1 fully saturated rings. The van der Waals surface area contributed by atoms with Crippen LogP contribution in [0.15, 0.2) is 36.7 Å². The van der Waals surface area contributed by atoms with E-state index in [9.17, 15) is 4.79 Å². The Morgan fingerprint density at radius 3 is 2.50 bits per heavy atom. The first-order chi connectivity index (χ1) is 12.7. The monoisotopic (exact) mass is 351 g/mol. The van der Waals surface area contributed by atoms with Crippen molar-refractivity contribution in [2.75, 3.05) is 38.2 Å². The van der Waals surface area contributed by atoms with E-state index in [-0.39, 0.29) is 5.91 Å². The lowest BCUT2D eigenvalue weighted by atomic mass is 10.1. The summed E-state index contributed by atoms with van der Waals surface area (Å²) in [6.45, 7) is 2.56. The van der Waals surface area contributed by atoms with Crippen molar-refractivity contribution in [2.24, 2.45) is 0 Å². The molecule has 7 nitrogen and oxygen atoms in total. The molecule has 0 unspecified atom stereocenters. The summed E-state index contributed by atoms with van der Waals surface area (Å²) in [6, 6.07) is 9.86. The van der Waals surface area contributed by atoms with Gasteiger partial charge < -0.3 is 14.5 Å². The molecule has 134 valence electrons. The topological polar surface area (TPSA) is 82.3 Å². The average Bonchev–Trinajstić information content (AvgIpc) is 2.72. The molecule has 26 heavy (non-hydrogen) atoms. The summed E-state index contributed by atoms with van der Waals surface area (Å²) in [5.74, 6) is 1.57. The minimum Gasteiger partial charge on any atom is -0.497 e. The first-order valence-electron chi connectivity index (χ1n) is 8.58. The summed E-state index contributed by atoms with van der Waals surface area (Å²) in [7, 11) is 1.64. The molecule has 0 aliphatic carbocycles. The molecule has 1 aromatic heterocycles. The van der Waals surface area contributed by atoms with Crippen LogP contribution in [0.4, 0.5) is 5.82 Å². The Morgan fingerprint density at radius 1 is 1.15 bits per heavy atom. The molecule has 2 aromatic rings. The van der Waals surface area contributed by atoms with Gasteiger partial charge in [0.25, 0.3) is 0 Å². The average molecular weight is 351 g/mol. The van der Waals surface area contributed by atoms with Gasteiger partial charge >= 0.3 is 0 Å². The molecule has 7 heteroatoms. The number of anilines is 1. The minimum atomic E-state index is 0.153. The molecular weight excluding hydrogens is 330 g/mol. The van der Waals surface area contributed by atoms with Gasteiger partial charge in [0, 0.05) is 45.0 Å². The summed E-state index contributed by atoms with van der Waals surface area (Å²) in [6.07, 6.45) is 4.30. The molecule has 1 saturated heterocycles. The highest BCUT2D eigenvalue weighted by molar-refractivity contribution is 5.76. The second-order valence-electron chi connectivity index (χ2n) is 6.06. The number of hydrogen-bond acceptors (Lipinski definition) is 6. The van der Waals surface area contributed by atoms with Gasteiger partial charge in [0.05, 0.1) is 7.11 Å². The Hall–Kier alpha value is -3.14. The van der Waals surface area contributed by atoms with Crippen LogP contribution in [0.5, 0.6) is 5.75 Å². The molecule has 0 atom stereocenters. The zero-order chi connectivity index (χ0) is 18.4. The Labute approximate surface area is 152 Å². The van der Waals surface area contributed by atoms with Crippen LogP contribution in [0.3, 0.4) is 0 Å². The number of hydrogen-bond donors (Lipinski definition) is 0. The molecule has 2 heterocycles.